The molecule has 0 aliphatic carbocycles. The quantitative estimate of drug-likeness (QED) is 0.591. The minimum absolute atomic E-state index is 0.141. The second-order valence-corrected chi connectivity index (χ2v) is 7.18. The fourth-order valence-corrected chi connectivity index (χ4v) is 3.12. The number of ether oxygens (including phenoxy) is 1. The number of para-hydroxylation sites is 1. The predicted octanol–water partition coefficient (Wildman–Crippen LogP) is 4.01. The molecule has 0 spiro atoms. The van der Waals surface area contributed by atoms with Crippen molar-refractivity contribution in [3.8, 4) is 0 Å². The molecule has 0 aliphatic heterocycles. The first kappa shape index (κ1) is 20.0. The minimum atomic E-state index is -0.194. The Labute approximate surface area is 168 Å². The van der Waals surface area contributed by atoms with Gasteiger partial charge in [-0.1, -0.05) is 24.3 Å². The summed E-state index contributed by atoms with van der Waals surface area (Å²) in [5.74, 6) is -0.184. The summed E-state index contributed by atoms with van der Waals surface area (Å²) in [6.07, 6.45) is 0.283. The van der Waals surface area contributed by atoms with E-state index in [0.717, 1.165) is 5.56 Å². The lowest BCUT2D eigenvalue weighted by atomic mass is 10.2. The van der Waals surface area contributed by atoms with E-state index in [4.69, 9.17) is 17.0 Å². The monoisotopic (exact) mass is 397 g/mol. The van der Waals surface area contributed by atoms with Gasteiger partial charge < -0.3 is 15.0 Å². The van der Waals surface area contributed by atoms with Crippen molar-refractivity contribution >= 4 is 34.7 Å². The van der Waals surface area contributed by atoms with Gasteiger partial charge >= 0.3 is 0 Å². The van der Waals surface area contributed by atoms with E-state index in [1.807, 2.05) is 44.2 Å². The normalized spacial score (nSPS) is 11.1. The Balaban J connectivity index is 1.67. The highest BCUT2D eigenvalue weighted by atomic mass is 32.1. The molecule has 1 heterocycles. The fourth-order valence-electron chi connectivity index (χ4n) is 2.84. The number of nitrogens with one attached hydrogen (secondary N) is 2. The lowest BCUT2D eigenvalue weighted by Crippen LogP contribution is -2.25. The van der Waals surface area contributed by atoms with Gasteiger partial charge in [-0.3, -0.25) is 14.2 Å². The summed E-state index contributed by atoms with van der Waals surface area (Å²) in [6.45, 7) is 4.65. The Morgan fingerprint density at radius 1 is 1.21 bits per heavy atom. The summed E-state index contributed by atoms with van der Waals surface area (Å²) in [6, 6.07) is 14.7. The number of amides is 1. The highest BCUT2D eigenvalue weighted by molar-refractivity contribution is 7.71. The highest BCUT2D eigenvalue weighted by Gasteiger charge is 2.08. The summed E-state index contributed by atoms with van der Waals surface area (Å²) >= 11 is 5.28. The van der Waals surface area contributed by atoms with E-state index in [0.29, 0.717) is 28.0 Å². The molecule has 0 radical (unpaired) electrons. The van der Waals surface area contributed by atoms with Gasteiger partial charge in [-0.2, -0.15) is 0 Å². The van der Waals surface area contributed by atoms with Crippen LogP contribution in [-0.2, 0) is 22.7 Å². The number of hydrogen-bond donors (Lipinski definition) is 2. The number of hydrogen-bond acceptors (Lipinski definition) is 4. The van der Waals surface area contributed by atoms with Crippen LogP contribution in [0.4, 0.5) is 5.69 Å². The van der Waals surface area contributed by atoms with E-state index in [-0.39, 0.29) is 30.5 Å². The zero-order chi connectivity index (χ0) is 20.1. The van der Waals surface area contributed by atoms with Gasteiger partial charge in [0, 0.05) is 18.7 Å². The number of fused-ring (bicyclic) bond motifs is 1. The molecule has 146 valence electrons. The van der Waals surface area contributed by atoms with Crippen molar-refractivity contribution in [1.82, 2.24) is 9.55 Å². The molecule has 3 rings (SSSR count). The van der Waals surface area contributed by atoms with E-state index < -0.39 is 0 Å². The van der Waals surface area contributed by atoms with E-state index in [1.54, 1.807) is 18.2 Å². The van der Waals surface area contributed by atoms with Gasteiger partial charge in [0.25, 0.3) is 5.56 Å². The molecular weight excluding hydrogens is 374 g/mol. The van der Waals surface area contributed by atoms with Crippen LogP contribution in [0.1, 0.15) is 25.8 Å². The third-order valence-corrected chi connectivity index (χ3v) is 4.57. The zero-order valence-electron chi connectivity index (χ0n) is 15.9. The van der Waals surface area contributed by atoms with Gasteiger partial charge in [0.2, 0.25) is 5.91 Å². The standard InChI is InChI=1S/C21H23N3O3S/c1-14(2)27-13-15-6-5-7-16(12-15)22-19(25)10-11-24-20(26)17-8-3-4-9-18(17)23-21(24)28/h3-9,12,14H,10-11,13H2,1-2H3,(H,22,25)(H,23,28). The number of H-pyrrole nitrogens is 1. The topological polar surface area (TPSA) is 76.1 Å². The number of nitrogens with zero attached hydrogens (tertiary/aromatic N) is 1. The van der Waals surface area contributed by atoms with E-state index in [1.165, 1.54) is 4.57 Å². The Bertz CT molecular complexity index is 1100. The van der Waals surface area contributed by atoms with E-state index >= 15 is 0 Å². The van der Waals surface area contributed by atoms with Crippen LogP contribution in [0, 0.1) is 4.77 Å². The second-order valence-electron chi connectivity index (χ2n) is 6.79. The van der Waals surface area contributed by atoms with Crippen molar-refractivity contribution < 1.29 is 9.53 Å². The van der Waals surface area contributed by atoms with Crippen LogP contribution in [0.25, 0.3) is 10.9 Å². The molecule has 3 aromatic rings. The molecule has 7 heteroatoms. The van der Waals surface area contributed by atoms with Gasteiger partial charge in [0.05, 0.1) is 23.6 Å². The van der Waals surface area contributed by atoms with E-state index in [9.17, 15) is 9.59 Å². The molecule has 0 fully saturated rings. The molecule has 0 aliphatic rings. The van der Waals surface area contributed by atoms with Crippen LogP contribution in [0.15, 0.2) is 53.3 Å². The molecule has 28 heavy (non-hydrogen) atoms. The van der Waals surface area contributed by atoms with Crippen LogP contribution in [0.2, 0.25) is 0 Å². The first-order chi connectivity index (χ1) is 13.4. The van der Waals surface area contributed by atoms with E-state index in [2.05, 4.69) is 10.3 Å². The van der Waals surface area contributed by atoms with Crippen molar-refractivity contribution in [3.05, 3.63) is 69.2 Å². The van der Waals surface area contributed by atoms with Crippen LogP contribution < -0.4 is 10.9 Å². The average Bonchev–Trinajstić information content (AvgIpc) is 2.66. The maximum absolute atomic E-state index is 12.6. The van der Waals surface area contributed by atoms with Crippen LogP contribution in [-0.4, -0.2) is 21.6 Å². The molecule has 2 aromatic carbocycles. The predicted molar refractivity (Wildman–Crippen MR) is 113 cm³/mol. The molecule has 1 aromatic heterocycles. The number of anilines is 1. The molecule has 0 saturated heterocycles. The van der Waals surface area contributed by atoms with Crippen LogP contribution in [0.3, 0.4) is 0 Å². The van der Waals surface area contributed by atoms with Crippen molar-refractivity contribution in [2.75, 3.05) is 5.32 Å². The van der Waals surface area contributed by atoms with Gasteiger partial charge in [0.15, 0.2) is 4.77 Å². The maximum atomic E-state index is 12.6. The lowest BCUT2D eigenvalue weighted by molar-refractivity contribution is -0.116. The highest BCUT2D eigenvalue weighted by Crippen LogP contribution is 2.13. The second kappa shape index (κ2) is 8.95. The number of carbonyl (C=O) groups excluding carboxylic acids is 1. The number of rotatable bonds is 7. The molecule has 2 N–H and O–H groups in total. The Morgan fingerprint density at radius 3 is 2.79 bits per heavy atom. The Kier molecular flexibility index (Phi) is 6.38. The molecule has 0 saturated carbocycles. The maximum Gasteiger partial charge on any atom is 0.262 e. The number of benzene rings is 2. The van der Waals surface area contributed by atoms with Gasteiger partial charge in [-0.15, -0.1) is 0 Å². The summed E-state index contributed by atoms with van der Waals surface area (Å²) < 4.78 is 7.32. The van der Waals surface area contributed by atoms with Crippen molar-refractivity contribution in [2.24, 2.45) is 0 Å². The van der Waals surface area contributed by atoms with Gasteiger partial charge in [-0.25, -0.2) is 0 Å². The van der Waals surface area contributed by atoms with Gasteiger partial charge in [0.1, 0.15) is 0 Å². The Hall–Kier alpha value is -2.77. The molecule has 0 bridgehead atoms. The average molecular weight is 398 g/mol. The SMILES string of the molecule is CC(C)OCc1cccc(NC(=O)CCn2c(=S)[nH]c3ccccc3c2=O)c1. The molecule has 0 unspecified atom stereocenters. The number of aromatic amines is 1. The Morgan fingerprint density at radius 2 is 2.00 bits per heavy atom. The smallest absolute Gasteiger partial charge is 0.262 e. The molecular formula is C21H23N3O3S. The van der Waals surface area contributed by atoms with Crippen molar-refractivity contribution in [1.29, 1.82) is 0 Å². The fraction of sp³-hybridized carbons (Fsp3) is 0.286. The van der Waals surface area contributed by atoms with Gasteiger partial charge in [-0.05, 0) is 55.9 Å². The van der Waals surface area contributed by atoms with Crippen LogP contribution in [0.5, 0.6) is 0 Å². The lowest BCUT2D eigenvalue weighted by Gasteiger charge is -2.11. The summed E-state index contributed by atoms with van der Waals surface area (Å²) in [7, 11) is 0. The minimum Gasteiger partial charge on any atom is -0.374 e. The van der Waals surface area contributed by atoms with Crippen LogP contribution >= 0.6 is 12.2 Å². The third kappa shape index (κ3) is 4.94. The summed E-state index contributed by atoms with van der Waals surface area (Å²) in [5, 5.41) is 3.41. The first-order valence-corrected chi connectivity index (χ1v) is 9.57. The summed E-state index contributed by atoms with van der Waals surface area (Å²) in [4.78, 5) is 28.0. The molecule has 6 nitrogen and oxygen atoms in total. The number of aromatic nitrogens is 2. The van der Waals surface area contributed by atoms with Crippen molar-refractivity contribution in [2.45, 2.75) is 39.5 Å². The summed E-state index contributed by atoms with van der Waals surface area (Å²) in [5.41, 5.74) is 2.18. The largest absolute Gasteiger partial charge is 0.374 e. The molecule has 1 amide bonds. The van der Waals surface area contributed by atoms with Crippen molar-refractivity contribution in [3.63, 3.8) is 0 Å². The first-order valence-electron chi connectivity index (χ1n) is 9.16. The third-order valence-electron chi connectivity index (χ3n) is 4.25. The zero-order valence-corrected chi connectivity index (χ0v) is 16.7. The number of carbonyl (C=O) groups is 1. The molecule has 0 atom stereocenters.